The summed E-state index contributed by atoms with van der Waals surface area (Å²) in [6.45, 7) is 7.53. The minimum atomic E-state index is -0.968. The van der Waals surface area contributed by atoms with Crippen molar-refractivity contribution < 1.29 is 19.4 Å². The Morgan fingerprint density at radius 2 is 2.30 bits per heavy atom. The molecule has 4 atom stereocenters. The van der Waals surface area contributed by atoms with Crippen LogP contribution in [-0.2, 0) is 9.53 Å². The van der Waals surface area contributed by atoms with Gasteiger partial charge in [-0.25, -0.2) is 5.01 Å². The van der Waals surface area contributed by atoms with Crippen molar-refractivity contribution in [1.82, 2.24) is 5.01 Å². The first-order chi connectivity index (χ1) is 12.9. The van der Waals surface area contributed by atoms with Crippen molar-refractivity contribution in [2.24, 2.45) is 16.9 Å². The van der Waals surface area contributed by atoms with E-state index in [9.17, 15) is 15.2 Å². The minimum absolute atomic E-state index is 0.0210. The summed E-state index contributed by atoms with van der Waals surface area (Å²) in [4.78, 5) is 12.3. The first-order valence-corrected chi connectivity index (χ1v) is 8.94. The van der Waals surface area contributed by atoms with E-state index in [1.54, 1.807) is 38.1 Å². The molecular formula is C20H21N3O4. The molecule has 27 heavy (non-hydrogen) atoms. The van der Waals surface area contributed by atoms with Crippen molar-refractivity contribution in [3.05, 3.63) is 42.0 Å². The summed E-state index contributed by atoms with van der Waals surface area (Å²) in [5, 5.41) is 25.8. The van der Waals surface area contributed by atoms with Crippen LogP contribution in [0.15, 0.2) is 36.0 Å². The first kappa shape index (κ1) is 17.6. The lowest BCUT2D eigenvalue weighted by molar-refractivity contribution is -0.134. The highest BCUT2D eigenvalue weighted by Crippen LogP contribution is 2.48. The molecule has 4 unspecified atom stereocenters. The van der Waals surface area contributed by atoms with E-state index in [4.69, 9.17) is 9.47 Å². The predicted octanol–water partition coefficient (Wildman–Crippen LogP) is 2.13. The van der Waals surface area contributed by atoms with Gasteiger partial charge in [-0.05, 0) is 38.5 Å². The van der Waals surface area contributed by atoms with E-state index >= 15 is 0 Å². The lowest BCUT2D eigenvalue weighted by atomic mass is 9.87. The maximum atomic E-state index is 12.3. The van der Waals surface area contributed by atoms with E-state index < -0.39 is 17.8 Å². The summed E-state index contributed by atoms with van der Waals surface area (Å²) in [5.41, 5.74) is 0.185. The summed E-state index contributed by atoms with van der Waals surface area (Å²) in [6, 6.07) is 7.15. The molecule has 1 aromatic rings. The Labute approximate surface area is 157 Å². The minimum Gasteiger partial charge on any atom is -0.485 e. The number of rotatable bonds is 3. The van der Waals surface area contributed by atoms with Gasteiger partial charge >= 0.3 is 0 Å². The van der Waals surface area contributed by atoms with Crippen LogP contribution < -0.4 is 4.74 Å². The zero-order valence-electron chi connectivity index (χ0n) is 15.3. The molecule has 140 valence electrons. The number of hydrazone groups is 1. The molecule has 1 N–H and O–H groups in total. The molecule has 7 nitrogen and oxygen atoms in total. The van der Waals surface area contributed by atoms with Crippen LogP contribution in [-0.4, -0.2) is 40.2 Å². The van der Waals surface area contributed by atoms with Crippen LogP contribution in [0.1, 0.15) is 37.5 Å². The maximum Gasteiger partial charge on any atom is 0.247 e. The third-order valence-corrected chi connectivity index (χ3v) is 5.27. The van der Waals surface area contributed by atoms with Gasteiger partial charge in [0.15, 0.2) is 6.10 Å². The van der Waals surface area contributed by atoms with Gasteiger partial charge in [0.2, 0.25) is 11.8 Å². The summed E-state index contributed by atoms with van der Waals surface area (Å²) in [6.07, 6.45) is 0.599. The second kappa shape index (κ2) is 6.10. The highest BCUT2D eigenvalue weighted by atomic mass is 16.5. The lowest BCUT2D eigenvalue weighted by Gasteiger charge is -2.42. The Morgan fingerprint density at radius 1 is 1.52 bits per heavy atom. The molecule has 4 rings (SSSR count). The molecule has 2 heterocycles. The molecule has 1 aliphatic carbocycles. The summed E-state index contributed by atoms with van der Waals surface area (Å²) in [7, 11) is 0. The molecule has 1 aromatic carbocycles. The molecule has 0 aromatic heterocycles. The highest BCUT2D eigenvalue weighted by Gasteiger charge is 2.54. The zero-order chi connectivity index (χ0) is 19.3. The van der Waals surface area contributed by atoms with E-state index in [0.29, 0.717) is 35.7 Å². The van der Waals surface area contributed by atoms with Crippen molar-refractivity contribution >= 4 is 11.8 Å². The lowest BCUT2D eigenvalue weighted by Crippen LogP contribution is -2.50. The van der Waals surface area contributed by atoms with Gasteiger partial charge in [0.25, 0.3) is 0 Å². The molecule has 1 amide bonds. The second-order valence-corrected chi connectivity index (χ2v) is 7.65. The van der Waals surface area contributed by atoms with Crippen molar-refractivity contribution in [2.45, 2.75) is 38.1 Å². The summed E-state index contributed by atoms with van der Waals surface area (Å²) < 4.78 is 12.1. The van der Waals surface area contributed by atoms with Crippen molar-refractivity contribution in [1.29, 1.82) is 5.26 Å². The number of nitrogens with zero attached hydrogens (tertiary/aromatic N) is 3. The van der Waals surface area contributed by atoms with Crippen molar-refractivity contribution in [3.63, 3.8) is 0 Å². The van der Waals surface area contributed by atoms with Crippen LogP contribution in [0.2, 0.25) is 0 Å². The van der Waals surface area contributed by atoms with Crippen LogP contribution in [0.3, 0.4) is 0 Å². The van der Waals surface area contributed by atoms with Gasteiger partial charge < -0.3 is 14.6 Å². The molecule has 0 bridgehead atoms. The number of aliphatic hydroxyl groups excluding tert-OH is 1. The van der Waals surface area contributed by atoms with Crippen LogP contribution in [0.5, 0.6) is 5.75 Å². The number of aliphatic hydroxyl groups is 1. The average Bonchev–Trinajstić information content (AvgIpc) is 3.43. The summed E-state index contributed by atoms with van der Waals surface area (Å²) in [5.74, 6) is 0.813. The number of nitriles is 1. The number of fused-ring (bicyclic) bond motifs is 2. The zero-order valence-corrected chi connectivity index (χ0v) is 15.3. The average molecular weight is 367 g/mol. The molecule has 1 saturated carbocycles. The van der Waals surface area contributed by atoms with Gasteiger partial charge in [-0.1, -0.05) is 6.08 Å². The Morgan fingerprint density at radius 3 is 3.00 bits per heavy atom. The van der Waals surface area contributed by atoms with Gasteiger partial charge in [-0.3, -0.25) is 4.79 Å². The first-order valence-electron chi connectivity index (χ1n) is 8.94. The number of ether oxygens (including phenoxy) is 2. The number of carbonyl (C=O) groups excluding carboxylic acids is 1. The summed E-state index contributed by atoms with van der Waals surface area (Å²) >= 11 is 0. The van der Waals surface area contributed by atoms with E-state index in [-0.39, 0.29) is 17.7 Å². The third-order valence-electron chi connectivity index (χ3n) is 5.27. The Balaban J connectivity index is 1.70. The van der Waals surface area contributed by atoms with Crippen LogP contribution in [0.4, 0.5) is 0 Å². The molecule has 2 aliphatic heterocycles. The Bertz CT molecular complexity index is 886. The van der Waals surface area contributed by atoms with Gasteiger partial charge in [0.05, 0.1) is 24.1 Å². The quantitative estimate of drug-likeness (QED) is 0.826. The Kier molecular flexibility index (Phi) is 3.97. The van der Waals surface area contributed by atoms with E-state index in [2.05, 4.69) is 17.7 Å². The number of hydrogen-bond acceptors (Lipinski definition) is 6. The van der Waals surface area contributed by atoms with E-state index in [1.165, 1.54) is 5.01 Å². The molecule has 0 saturated heterocycles. The smallest absolute Gasteiger partial charge is 0.247 e. The largest absolute Gasteiger partial charge is 0.485 e. The van der Waals surface area contributed by atoms with Gasteiger partial charge in [0.1, 0.15) is 17.5 Å². The van der Waals surface area contributed by atoms with Crippen LogP contribution in [0, 0.1) is 23.2 Å². The van der Waals surface area contributed by atoms with E-state index in [1.807, 2.05) is 0 Å². The van der Waals surface area contributed by atoms with Crippen molar-refractivity contribution in [3.8, 4) is 11.8 Å². The molecule has 0 radical (unpaired) electrons. The standard InChI is InChI=1S/C20H21N3O4/c1-4-7-23-19(25)13-9-12(13)18(22-23)26-16-14-8-11(10-21)5-6-15(14)27-20(2,3)17(16)24/h4-6,8,12-13,16-17,24H,1,7,9H2,2-3H3. The molecule has 0 spiro atoms. The van der Waals surface area contributed by atoms with Gasteiger partial charge in [-0.15, -0.1) is 11.7 Å². The fraction of sp³-hybridized carbons (Fsp3) is 0.450. The fourth-order valence-corrected chi connectivity index (χ4v) is 3.61. The molecular weight excluding hydrogens is 346 g/mol. The normalized spacial score (nSPS) is 30.2. The van der Waals surface area contributed by atoms with Crippen molar-refractivity contribution in [2.75, 3.05) is 6.54 Å². The monoisotopic (exact) mass is 367 g/mol. The second-order valence-electron chi connectivity index (χ2n) is 7.65. The fourth-order valence-electron chi connectivity index (χ4n) is 3.61. The third kappa shape index (κ3) is 2.86. The Hall–Kier alpha value is -2.85. The van der Waals surface area contributed by atoms with Gasteiger partial charge in [0, 0.05) is 11.5 Å². The SMILES string of the molecule is C=CCN1N=C(OC2c3cc(C#N)ccc3OC(C)(C)C2O)C2CC2C1=O. The number of carbonyl (C=O) groups is 1. The van der Waals surface area contributed by atoms with Crippen LogP contribution >= 0.6 is 0 Å². The molecule has 1 fully saturated rings. The number of benzene rings is 1. The predicted molar refractivity (Wildman–Crippen MR) is 96.6 cm³/mol. The molecule has 3 aliphatic rings. The van der Waals surface area contributed by atoms with Gasteiger partial charge in [-0.2, -0.15) is 5.26 Å². The van der Waals surface area contributed by atoms with E-state index in [0.717, 1.165) is 0 Å². The molecule has 7 heteroatoms. The number of amides is 1. The maximum absolute atomic E-state index is 12.3. The van der Waals surface area contributed by atoms with Crippen LogP contribution in [0.25, 0.3) is 0 Å². The highest BCUT2D eigenvalue weighted by molar-refractivity contribution is 5.96. The number of hydrogen-bond donors (Lipinski definition) is 1. The topological polar surface area (TPSA) is 95.2 Å².